The number of methoxy groups -OCH3 is 1. The van der Waals surface area contributed by atoms with Gasteiger partial charge in [-0.2, -0.15) is 0 Å². The average Bonchev–Trinajstić information content (AvgIpc) is 2.90. The number of halogens is 1. The van der Waals surface area contributed by atoms with E-state index in [1.165, 1.54) is 23.9 Å². The summed E-state index contributed by atoms with van der Waals surface area (Å²) in [7, 11) is 0.921. The summed E-state index contributed by atoms with van der Waals surface area (Å²) in [4.78, 5) is 13.2. The third kappa shape index (κ3) is 3.14. The minimum atomic E-state index is -0.600. The highest BCUT2D eigenvalue weighted by Crippen LogP contribution is 2.36. The molecule has 0 atom stereocenters. The standard InChI is InChI=1S/C22H23BFNO4/c1-21(2)22(3,4)29-23(28-21)14-10-11-15-16(12-14)20(26)25(13-19(15)27-5)18-9-7-6-8-17(18)24/h6-13H,1-5H3. The van der Waals surface area contributed by atoms with Gasteiger partial charge in [-0.05, 0) is 51.4 Å². The van der Waals surface area contributed by atoms with Crippen LogP contribution in [0.25, 0.3) is 16.5 Å². The molecule has 0 aliphatic carbocycles. The molecule has 5 nitrogen and oxygen atoms in total. The second kappa shape index (κ2) is 6.71. The van der Waals surface area contributed by atoms with E-state index in [1.807, 2.05) is 39.8 Å². The van der Waals surface area contributed by atoms with Crippen molar-refractivity contribution in [2.45, 2.75) is 38.9 Å². The summed E-state index contributed by atoms with van der Waals surface area (Å²) < 4.78 is 33.3. The molecule has 1 aliphatic rings. The lowest BCUT2D eigenvalue weighted by Crippen LogP contribution is -2.41. The van der Waals surface area contributed by atoms with E-state index in [0.29, 0.717) is 16.5 Å². The fourth-order valence-corrected chi connectivity index (χ4v) is 3.44. The van der Waals surface area contributed by atoms with Gasteiger partial charge in [0.05, 0.1) is 35.6 Å². The maximum Gasteiger partial charge on any atom is 0.494 e. The zero-order chi connectivity index (χ0) is 21.0. The molecule has 1 saturated heterocycles. The van der Waals surface area contributed by atoms with Crippen LogP contribution in [-0.4, -0.2) is 30.0 Å². The number of benzene rings is 2. The first-order valence-electron chi connectivity index (χ1n) is 9.48. The lowest BCUT2D eigenvalue weighted by atomic mass is 9.78. The zero-order valence-electron chi connectivity index (χ0n) is 17.2. The van der Waals surface area contributed by atoms with E-state index in [1.54, 1.807) is 24.3 Å². The maximum atomic E-state index is 14.3. The van der Waals surface area contributed by atoms with Crippen LogP contribution < -0.4 is 15.8 Å². The van der Waals surface area contributed by atoms with Gasteiger partial charge in [-0.15, -0.1) is 0 Å². The van der Waals surface area contributed by atoms with Crippen molar-refractivity contribution >= 4 is 23.4 Å². The predicted octanol–water partition coefficient (Wildman–Crippen LogP) is 3.44. The van der Waals surface area contributed by atoms with Crippen molar-refractivity contribution in [1.29, 1.82) is 0 Å². The van der Waals surface area contributed by atoms with Crippen LogP contribution in [0.15, 0.2) is 53.5 Å². The second-order valence-electron chi connectivity index (χ2n) is 8.22. The van der Waals surface area contributed by atoms with Crippen LogP contribution in [0.4, 0.5) is 4.39 Å². The van der Waals surface area contributed by atoms with Crippen LogP contribution in [-0.2, 0) is 9.31 Å². The number of hydrogen-bond acceptors (Lipinski definition) is 4. The molecule has 0 spiro atoms. The Labute approximate surface area is 169 Å². The first-order valence-corrected chi connectivity index (χ1v) is 9.48. The van der Waals surface area contributed by atoms with E-state index in [-0.39, 0.29) is 11.2 Å². The topological polar surface area (TPSA) is 49.7 Å². The Bertz CT molecular complexity index is 1140. The molecule has 0 unspecified atom stereocenters. The van der Waals surface area contributed by atoms with E-state index in [4.69, 9.17) is 14.0 Å². The maximum absolute atomic E-state index is 14.3. The molecular weight excluding hydrogens is 372 g/mol. The van der Waals surface area contributed by atoms with Gasteiger partial charge < -0.3 is 14.0 Å². The molecule has 1 fully saturated rings. The smallest absolute Gasteiger partial charge is 0.494 e. The number of nitrogens with zero attached hydrogens (tertiary/aromatic N) is 1. The number of ether oxygens (including phenoxy) is 1. The Kier molecular flexibility index (Phi) is 4.55. The van der Waals surface area contributed by atoms with E-state index < -0.39 is 24.1 Å². The van der Waals surface area contributed by atoms with Crippen LogP contribution in [0.2, 0.25) is 0 Å². The van der Waals surface area contributed by atoms with E-state index in [0.717, 1.165) is 5.46 Å². The van der Waals surface area contributed by atoms with Crippen molar-refractivity contribution in [2.24, 2.45) is 0 Å². The molecule has 3 aromatic rings. The molecule has 4 rings (SSSR count). The summed E-state index contributed by atoms with van der Waals surface area (Å²) >= 11 is 0. The van der Waals surface area contributed by atoms with Gasteiger partial charge in [0.2, 0.25) is 0 Å². The van der Waals surface area contributed by atoms with Crippen LogP contribution in [0.5, 0.6) is 5.75 Å². The molecule has 0 saturated carbocycles. The quantitative estimate of drug-likeness (QED) is 0.638. The third-order valence-corrected chi connectivity index (χ3v) is 5.86. The molecule has 150 valence electrons. The predicted molar refractivity (Wildman–Crippen MR) is 112 cm³/mol. The van der Waals surface area contributed by atoms with Crippen LogP contribution in [0.3, 0.4) is 0 Å². The fraction of sp³-hybridized carbons (Fsp3) is 0.318. The van der Waals surface area contributed by atoms with Gasteiger partial charge >= 0.3 is 7.12 Å². The van der Waals surface area contributed by atoms with E-state index in [2.05, 4.69) is 0 Å². The molecular formula is C22H23BFNO4. The molecule has 1 aliphatic heterocycles. The van der Waals surface area contributed by atoms with Gasteiger partial charge in [-0.25, -0.2) is 4.39 Å². The van der Waals surface area contributed by atoms with E-state index in [9.17, 15) is 9.18 Å². The number of fused-ring (bicyclic) bond motifs is 1. The highest BCUT2D eigenvalue weighted by Gasteiger charge is 2.51. The van der Waals surface area contributed by atoms with Crippen molar-refractivity contribution in [2.75, 3.05) is 7.11 Å². The van der Waals surface area contributed by atoms with Crippen LogP contribution >= 0.6 is 0 Å². The Morgan fingerprint density at radius 3 is 2.28 bits per heavy atom. The normalized spacial score (nSPS) is 17.7. The molecule has 0 bridgehead atoms. The lowest BCUT2D eigenvalue weighted by Gasteiger charge is -2.32. The van der Waals surface area contributed by atoms with Crippen molar-refractivity contribution in [1.82, 2.24) is 4.57 Å². The molecule has 29 heavy (non-hydrogen) atoms. The van der Waals surface area contributed by atoms with Crippen molar-refractivity contribution < 1.29 is 18.4 Å². The number of hydrogen-bond donors (Lipinski definition) is 0. The Morgan fingerprint density at radius 2 is 1.66 bits per heavy atom. The minimum absolute atomic E-state index is 0.165. The summed E-state index contributed by atoms with van der Waals surface area (Å²) in [6, 6.07) is 11.5. The first kappa shape index (κ1) is 19.7. The SMILES string of the molecule is COc1cn(-c2ccccc2F)c(=O)c2cc(B3OC(C)(C)C(C)(C)O3)ccc12. The van der Waals surface area contributed by atoms with Crippen molar-refractivity contribution in [3.05, 3.63) is 64.8 Å². The highest BCUT2D eigenvalue weighted by atomic mass is 19.1. The minimum Gasteiger partial charge on any atom is -0.495 e. The van der Waals surface area contributed by atoms with Gasteiger partial charge in [-0.1, -0.05) is 24.3 Å². The van der Waals surface area contributed by atoms with Crippen molar-refractivity contribution in [3.8, 4) is 11.4 Å². The molecule has 1 aromatic heterocycles. The molecule has 2 heterocycles. The monoisotopic (exact) mass is 395 g/mol. The average molecular weight is 395 g/mol. The lowest BCUT2D eigenvalue weighted by molar-refractivity contribution is 0.00578. The highest BCUT2D eigenvalue weighted by molar-refractivity contribution is 6.62. The summed E-state index contributed by atoms with van der Waals surface area (Å²) in [5.41, 5.74) is -0.437. The number of para-hydroxylation sites is 1. The molecule has 7 heteroatoms. The number of aromatic nitrogens is 1. The Morgan fingerprint density at radius 1 is 1.00 bits per heavy atom. The second-order valence-corrected chi connectivity index (χ2v) is 8.22. The van der Waals surface area contributed by atoms with Gasteiger partial charge in [0, 0.05) is 5.39 Å². The Balaban J connectivity index is 1.90. The van der Waals surface area contributed by atoms with Gasteiger partial charge in [0.1, 0.15) is 11.6 Å². The Hall–Kier alpha value is -2.64. The molecule has 2 aromatic carbocycles. The summed E-state index contributed by atoms with van der Waals surface area (Å²) in [6.07, 6.45) is 1.51. The first-order chi connectivity index (χ1) is 13.6. The van der Waals surface area contributed by atoms with Crippen LogP contribution in [0.1, 0.15) is 27.7 Å². The molecule has 0 radical (unpaired) electrons. The fourth-order valence-electron chi connectivity index (χ4n) is 3.44. The van der Waals surface area contributed by atoms with Crippen LogP contribution in [0, 0.1) is 5.82 Å². The zero-order valence-corrected chi connectivity index (χ0v) is 17.2. The largest absolute Gasteiger partial charge is 0.495 e. The number of pyridine rings is 1. The molecule has 0 N–H and O–H groups in total. The van der Waals surface area contributed by atoms with Gasteiger partial charge in [0.25, 0.3) is 5.56 Å². The summed E-state index contributed by atoms with van der Waals surface area (Å²) in [5, 5.41) is 1.05. The van der Waals surface area contributed by atoms with Crippen molar-refractivity contribution in [3.63, 3.8) is 0 Å². The van der Waals surface area contributed by atoms with Gasteiger partial charge in [0.15, 0.2) is 0 Å². The summed E-state index contributed by atoms with van der Waals surface area (Å²) in [6.45, 7) is 7.90. The van der Waals surface area contributed by atoms with E-state index >= 15 is 0 Å². The molecule has 0 amide bonds. The number of rotatable bonds is 3. The van der Waals surface area contributed by atoms with Gasteiger partial charge in [-0.3, -0.25) is 9.36 Å². The third-order valence-electron chi connectivity index (χ3n) is 5.86. The summed E-state index contributed by atoms with van der Waals surface area (Å²) in [5.74, 6) is -0.0126.